The molecule has 88 valence electrons. The molecule has 1 unspecified atom stereocenters. The molecule has 0 aromatic carbocycles. The summed E-state index contributed by atoms with van der Waals surface area (Å²) < 4.78 is 0. The summed E-state index contributed by atoms with van der Waals surface area (Å²) in [7, 11) is 0. The quantitative estimate of drug-likeness (QED) is 0.744. The van der Waals surface area contributed by atoms with Crippen LogP contribution >= 0.6 is 0 Å². The number of rotatable bonds is 4. The van der Waals surface area contributed by atoms with Gasteiger partial charge in [0.05, 0.1) is 6.54 Å². The number of hydrogen-bond donors (Lipinski definition) is 2. The summed E-state index contributed by atoms with van der Waals surface area (Å²) in [5.41, 5.74) is 0.397. The number of nitrogens with one attached hydrogen (secondary N) is 2. The van der Waals surface area contributed by atoms with Gasteiger partial charge >= 0.3 is 0 Å². The van der Waals surface area contributed by atoms with E-state index >= 15 is 0 Å². The average Bonchev–Trinajstić information content (AvgIpc) is 2.13. The molecule has 0 spiro atoms. The van der Waals surface area contributed by atoms with Crippen molar-refractivity contribution >= 4 is 5.91 Å². The van der Waals surface area contributed by atoms with E-state index in [0.29, 0.717) is 18.0 Å². The summed E-state index contributed by atoms with van der Waals surface area (Å²) in [5, 5.41) is 6.15. The van der Waals surface area contributed by atoms with Crippen LogP contribution in [0.15, 0.2) is 0 Å². The topological polar surface area (TPSA) is 41.1 Å². The molecule has 3 nitrogen and oxygen atoms in total. The molecule has 1 fully saturated rings. The largest absolute Gasteiger partial charge is 0.352 e. The highest BCUT2D eigenvalue weighted by Gasteiger charge is 2.28. The number of likely N-dealkylation sites (N-methyl/N-ethyl adjacent to an activating group) is 1. The normalized spacial score (nSPS) is 24.9. The minimum Gasteiger partial charge on any atom is -0.352 e. The zero-order valence-electron chi connectivity index (χ0n) is 10.2. The zero-order valence-corrected chi connectivity index (χ0v) is 10.2. The van der Waals surface area contributed by atoms with E-state index in [-0.39, 0.29) is 5.91 Å². The molecule has 2 N–H and O–H groups in total. The van der Waals surface area contributed by atoms with Gasteiger partial charge in [0.25, 0.3) is 0 Å². The Balaban J connectivity index is 2.28. The maximum absolute atomic E-state index is 11.5. The molecule has 15 heavy (non-hydrogen) atoms. The van der Waals surface area contributed by atoms with E-state index in [1.54, 1.807) is 0 Å². The fourth-order valence-electron chi connectivity index (χ4n) is 2.34. The van der Waals surface area contributed by atoms with Gasteiger partial charge in [-0.3, -0.25) is 4.79 Å². The van der Waals surface area contributed by atoms with Gasteiger partial charge in [-0.15, -0.1) is 0 Å². The molecular formula is C12H24N2O. The van der Waals surface area contributed by atoms with E-state index in [1.165, 1.54) is 12.8 Å². The van der Waals surface area contributed by atoms with Gasteiger partial charge < -0.3 is 10.6 Å². The summed E-state index contributed by atoms with van der Waals surface area (Å²) in [6.45, 7) is 7.89. The van der Waals surface area contributed by atoms with Crippen LogP contribution in [0, 0.1) is 5.41 Å². The summed E-state index contributed by atoms with van der Waals surface area (Å²) >= 11 is 0. The molecule has 0 bridgehead atoms. The van der Waals surface area contributed by atoms with Crippen molar-refractivity contribution in [2.24, 2.45) is 5.41 Å². The third kappa shape index (κ3) is 4.65. The van der Waals surface area contributed by atoms with Crippen molar-refractivity contribution in [1.82, 2.24) is 10.6 Å². The molecule has 1 saturated carbocycles. The Morgan fingerprint density at radius 2 is 2.20 bits per heavy atom. The average molecular weight is 212 g/mol. The van der Waals surface area contributed by atoms with E-state index in [0.717, 1.165) is 19.4 Å². The van der Waals surface area contributed by atoms with Crippen LogP contribution in [-0.4, -0.2) is 25.0 Å². The molecule has 0 aromatic heterocycles. The Morgan fingerprint density at radius 1 is 1.47 bits per heavy atom. The molecule has 0 aromatic rings. The first-order chi connectivity index (χ1) is 7.03. The van der Waals surface area contributed by atoms with Gasteiger partial charge in [-0.05, 0) is 31.2 Å². The first kappa shape index (κ1) is 12.5. The van der Waals surface area contributed by atoms with Crippen molar-refractivity contribution in [1.29, 1.82) is 0 Å². The van der Waals surface area contributed by atoms with Crippen molar-refractivity contribution in [3.05, 3.63) is 0 Å². The maximum atomic E-state index is 11.5. The molecule has 1 amide bonds. The van der Waals surface area contributed by atoms with E-state index in [1.807, 2.05) is 6.92 Å². The fourth-order valence-corrected chi connectivity index (χ4v) is 2.34. The van der Waals surface area contributed by atoms with E-state index < -0.39 is 0 Å². The molecule has 1 aliphatic rings. The van der Waals surface area contributed by atoms with Crippen LogP contribution in [0.4, 0.5) is 0 Å². The number of hydrogen-bond acceptors (Lipinski definition) is 2. The lowest BCUT2D eigenvalue weighted by molar-refractivity contribution is -0.121. The number of carbonyl (C=O) groups is 1. The molecule has 0 aliphatic heterocycles. The standard InChI is InChI=1S/C12H24N2O/c1-4-13-9-11(15)14-10-6-5-7-12(2,3)8-10/h10,13H,4-9H2,1-3H3,(H,14,15). The molecule has 0 heterocycles. The molecule has 1 atom stereocenters. The molecule has 0 saturated heterocycles. The van der Waals surface area contributed by atoms with Crippen LogP contribution in [-0.2, 0) is 4.79 Å². The predicted molar refractivity (Wildman–Crippen MR) is 62.7 cm³/mol. The van der Waals surface area contributed by atoms with Gasteiger partial charge in [0.1, 0.15) is 0 Å². The maximum Gasteiger partial charge on any atom is 0.234 e. The third-order valence-electron chi connectivity index (χ3n) is 3.11. The number of carbonyl (C=O) groups excluding carboxylic acids is 1. The number of amides is 1. The highest BCUT2D eigenvalue weighted by molar-refractivity contribution is 5.78. The molecule has 1 aliphatic carbocycles. The lowest BCUT2D eigenvalue weighted by Crippen LogP contribution is -2.44. The summed E-state index contributed by atoms with van der Waals surface area (Å²) in [4.78, 5) is 11.5. The van der Waals surface area contributed by atoms with Crippen molar-refractivity contribution in [3.63, 3.8) is 0 Å². The highest BCUT2D eigenvalue weighted by atomic mass is 16.1. The lowest BCUT2D eigenvalue weighted by atomic mass is 9.75. The monoisotopic (exact) mass is 212 g/mol. The highest BCUT2D eigenvalue weighted by Crippen LogP contribution is 2.34. The Labute approximate surface area is 93.0 Å². The van der Waals surface area contributed by atoms with Gasteiger partial charge in [-0.25, -0.2) is 0 Å². The summed E-state index contributed by atoms with van der Waals surface area (Å²) in [6, 6.07) is 0.389. The van der Waals surface area contributed by atoms with Crippen LogP contribution in [0.1, 0.15) is 46.5 Å². The van der Waals surface area contributed by atoms with Gasteiger partial charge in [0.2, 0.25) is 5.91 Å². The predicted octanol–water partition coefficient (Wildman–Crippen LogP) is 1.68. The van der Waals surface area contributed by atoms with E-state index in [9.17, 15) is 4.79 Å². The SMILES string of the molecule is CCNCC(=O)NC1CCCC(C)(C)C1. The molecule has 0 radical (unpaired) electrons. The minimum atomic E-state index is 0.138. The second kappa shape index (κ2) is 5.50. The Hall–Kier alpha value is -0.570. The van der Waals surface area contributed by atoms with Crippen molar-refractivity contribution < 1.29 is 4.79 Å². The van der Waals surface area contributed by atoms with Crippen LogP contribution in [0.3, 0.4) is 0 Å². The minimum absolute atomic E-state index is 0.138. The summed E-state index contributed by atoms with van der Waals surface area (Å²) in [6.07, 6.45) is 4.78. The fraction of sp³-hybridized carbons (Fsp3) is 0.917. The second-order valence-electron chi connectivity index (χ2n) is 5.31. The third-order valence-corrected chi connectivity index (χ3v) is 3.11. The summed E-state index contributed by atoms with van der Waals surface area (Å²) in [5.74, 6) is 0.138. The first-order valence-electron chi connectivity index (χ1n) is 6.03. The molecule has 1 rings (SSSR count). The second-order valence-corrected chi connectivity index (χ2v) is 5.31. The van der Waals surface area contributed by atoms with Crippen molar-refractivity contribution in [3.8, 4) is 0 Å². The van der Waals surface area contributed by atoms with Crippen molar-refractivity contribution in [2.75, 3.05) is 13.1 Å². The van der Waals surface area contributed by atoms with E-state index in [4.69, 9.17) is 0 Å². The Kier molecular flexibility index (Phi) is 4.58. The Morgan fingerprint density at radius 3 is 2.80 bits per heavy atom. The van der Waals surface area contributed by atoms with Crippen LogP contribution < -0.4 is 10.6 Å². The smallest absolute Gasteiger partial charge is 0.234 e. The van der Waals surface area contributed by atoms with Crippen molar-refractivity contribution in [2.45, 2.75) is 52.5 Å². The Bertz CT molecular complexity index is 214. The molecular weight excluding hydrogens is 188 g/mol. The van der Waals surface area contributed by atoms with E-state index in [2.05, 4.69) is 24.5 Å². The van der Waals surface area contributed by atoms with Crippen LogP contribution in [0.25, 0.3) is 0 Å². The van der Waals surface area contributed by atoms with Gasteiger partial charge in [0, 0.05) is 6.04 Å². The van der Waals surface area contributed by atoms with Gasteiger partial charge in [0.15, 0.2) is 0 Å². The zero-order chi connectivity index (χ0) is 11.3. The van der Waals surface area contributed by atoms with Gasteiger partial charge in [-0.2, -0.15) is 0 Å². The molecule has 3 heteroatoms. The van der Waals surface area contributed by atoms with Gasteiger partial charge in [-0.1, -0.05) is 27.2 Å². The lowest BCUT2D eigenvalue weighted by Gasteiger charge is -2.35. The van der Waals surface area contributed by atoms with Crippen LogP contribution in [0.5, 0.6) is 0 Å². The van der Waals surface area contributed by atoms with Crippen LogP contribution in [0.2, 0.25) is 0 Å². The first-order valence-corrected chi connectivity index (χ1v) is 6.03.